The Morgan fingerprint density at radius 2 is 0.792 bits per heavy atom. The number of unbranched alkanes of at least 4 members (excludes halogenated alkanes) is 10. The SMILES string of the molecule is CCCCCCCCC1CC(C2CC(CCCCCCCC)C2)C1. The van der Waals surface area contributed by atoms with E-state index in [9.17, 15) is 0 Å². The van der Waals surface area contributed by atoms with Gasteiger partial charge in [0, 0.05) is 0 Å². The Bertz CT molecular complexity index is 252. The molecule has 2 fully saturated rings. The van der Waals surface area contributed by atoms with Crippen LogP contribution >= 0.6 is 0 Å². The molecule has 24 heavy (non-hydrogen) atoms. The second kappa shape index (κ2) is 12.4. The van der Waals surface area contributed by atoms with Crippen molar-refractivity contribution in [2.75, 3.05) is 0 Å². The van der Waals surface area contributed by atoms with E-state index < -0.39 is 0 Å². The van der Waals surface area contributed by atoms with Gasteiger partial charge < -0.3 is 0 Å². The Morgan fingerprint density at radius 3 is 1.17 bits per heavy atom. The standard InChI is InChI=1S/C24H46/c1-3-5-7-9-11-13-15-21-17-23(18-21)24-19-22(20-24)16-14-12-10-8-6-4-2/h21-24H,3-20H2,1-2H3. The third-order valence-electron chi connectivity index (χ3n) is 7.14. The second-order valence-corrected chi connectivity index (χ2v) is 9.31. The highest BCUT2D eigenvalue weighted by molar-refractivity contribution is 4.91. The third-order valence-corrected chi connectivity index (χ3v) is 7.14. The minimum Gasteiger partial charge on any atom is -0.0654 e. The van der Waals surface area contributed by atoms with Gasteiger partial charge in [0.2, 0.25) is 0 Å². The van der Waals surface area contributed by atoms with Crippen LogP contribution in [0, 0.1) is 23.7 Å². The molecule has 2 rings (SSSR count). The molecule has 2 saturated carbocycles. The fraction of sp³-hybridized carbons (Fsp3) is 1.00. The molecule has 0 N–H and O–H groups in total. The van der Waals surface area contributed by atoms with Crippen LogP contribution in [0.5, 0.6) is 0 Å². The summed E-state index contributed by atoms with van der Waals surface area (Å²) in [6.45, 7) is 4.63. The molecule has 0 saturated heterocycles. The summed E-state index contributed by atoms with van der Waals surface area (Å²) >= 11 is 0. The van der Waals surface area contributed by atoms with Gasteiger partial charge in [-0.05, 0) is 49.4 Å². The smallest absolute Gasteiger partial charge is 0.0380 e. The van der Waals surface area contributed by atoms with Crippen LogP contribution in [-0.4, -0.2) is 0 Å². The van der Waals surface area contributed by atoms with Gasteiger partial charge in [-0.3, -0.25) is 0 Å². The van der Waals surface area contributed by atoms with E-state index in [2.05, 4.69) is 13.8 Å². The summed E-state index contributed by atoms with van der Waals surface area (Å²) in [5, 5.41) is 0. The maximum atomic E-state index is 2.31. The molecular formula is C24H46. The molecule has 0 unspecified atom stereocenters. The molecule has 0 spiro atoms. The molecule has 0 nitrogen and oxygen atoms in total. The molecule has 2 aliphatic rings. The van der Waals surface area contributed by atoms with Crippen LogP contribution in [0.25, 0.3) is 0 Å². The van der Waals surface area contributed by atoms with E-state index in [1.165, 1.54) is 77.0 Å². The van der Waals surface area contributed by atoms with Crippen molar-refractivity contribution in [2.24, 2.45) is 23.7 Å². The van der Waals surface area contributed by atoms with Crippen LogP contribution in [0.2, 0.25) is 0 Å². The van der Waals surface area contributed by atoms with Gasteiger partial charge in [-0.15, -0.1) is 0 Å². The fourth-order valence-corrected chi connectivity index (χ4v) is 5.24. The van der Waals surface area contributed by atoms with Gasteiger partial charge in [0.15, 0.2) is 0 Å². The maximum Gasteiger partial charge on any atom is -0.0380 e. The Hall–Kier alpha value is 0. The van der Waals surface area contributed by atoms with Crippen LogP contribution < -0.4 is 0 Å². The first-order valence-corrected chi connectivity index (χ1v) is 11.8. The zero-order chi connectivity index (χ0) is 17.0. The number of hydrogen-bond donors (Lipinski definition) is 0. The Labute approximate surface area is 153 Å². The molecule has 142 valence electrons. The van der Waals surface area contributed by atoms with Crippen molar-refractivity contribution in [1.29, 1.82) is 0 Å². The predicted molar refractivity (Wildman–Crippen MR) is 108 cm³/mol. The van der Waals surface area contributed by atoms with Crippen molar-refractivity contribution >= 4 is 0 Å². The summed E-state index contributed by atoms with van der Waals surface area (Å²) in [4.78, 5) is 0. The van der Waals surface area contributed by atoms with Crippen molar-refractivity contribution < 1.29 is 0 Å². The van der Waals surface area contributed by atoms with Gasteiger partial charge in [-0.2, -0.15) is 0 Å². The van der Waals surface area contributed by atoms with Crippen LogP contribution in [0.15, 0.2) is 0 Å². The Kier molecular flexibility index (Phi) is 10.5. The molecule has 0 aromatic heterocycles. The van der Waals surface area contributed by atoms with E-state index in [-0.39, 0.29) is 0 Å². The van der Waals surface area contributed by atoms with Gasteiger partial charge in [0.1, 0.15) is 0 Å². The lowest BCUT2D eigenvalue weighted by Gasteiger charge is -2.48. The summed E-state index contributed by atoms with van der Waals surface area (Å²) in [5.41, 5.74) is 0. The molecule has 0 aromatic carbocycles. The first-order valence-electron chi connectivity index (χ1n) is 11.8. The summed E-state index contributed by atoms with van der Waals surface area (Å²) in [5.74, 6) is 4.55. The maximum absolute atomic E-state index is 2.31. The lowest BCUT2D eigenvalue weighted by atomic mass is 9.58. The topological polar surface area (TPSA) is 0 Å². The summed E-state index contributed by atoms with van der Waals surface area (Å²) in [6, 6.07) is 0. The van der Waals surface area contributed by atoms with Crippen LogP contribution in [-0.2, 0) is 0 Å². The number of hydrogen-bond acceptors (Lipinski definition) is 0. The van der Waals surface area contributed by atoms with Crippen molar-refractivity contribution in [1.82, 2.24) is 0 Å². The first-order chi connectivity index (χ1) is 11.8. The molecule has 0 radical (unpaired) electrons. The Balaban J connectivity index is 1.35. The number of rotatable bonds is 15. The highest BCUT2D eigenvalue weighted by atomic mass is 14.5. The van der Waals surface area contributed by atoms with Crippen molar-refractivity contribution in [3.05, 3.63) is 0 Å². The van der Waals surface area contributed by atoms with Crippen molar-refractivity contribution in [3.63, 3.8) is 0 Å². The van der Waals surface area contributed by atoms with Gasteiger partial charge >= 0.3 is 0 Å². The van der Waals surface area contributed by atoms with E-state index in [1.807, 2.05) is 0 Å². The molecule has 0 bridgehead atoms. The lowest BCUT2D eigenvalue weighted by molar-refractivity contribution is 0.0283. The predicted octanol–water partition coefficient (Wildman–Crippen LogP) is 8.54. The summed E-state index contributed by atoms with van der Waals surface area (Å²) in [6.07, 6.45) is 27.2. The van der Waals surface area contributed by atoms with Crippen LogP contribution in [0.4, 0.5) is 0 Å². The lowest BCUT2D eigenvalue weighted by Crippen LogP contribution is -2.37. The molecule has 0 atom stereocenters. The second-order valence-electron chi connectivity index (χ2n) is 9.31. The van der Waals surface area contributed by atoms with E-state index in [0.717, 1.165) is 23.7 Å². The highest BCUT2D eigenvalue weighted by Crippen LogP contribution is 2.51. The van der Waals surface area contributed by atoms with E-state index >= 15 is 0 Å². The minimum absolute atomic E-state index is 1.12. The van der Waals surface area contributed by atoms with Crippen molar-refractivity contribution in [2.45, 2.75) is 129 Å². The van der Waals surface area contributed by atoms with Crippen LogP contribution in [0.1, 0.15) is 129 Å². The van der Waals surface area contributed by atoms with Gasteiger partial charge in [-0.1, -0.05) is 104 Å². The zero-order valence-corrected chi connectivity index (χ0v) is 17.0. The van der Waals surface area contributed by atoms with E-state index in [1.54, 1.807) is 38.5 Å². The highest BCUT2D eigenvalue weighted by Gasteiger charge is 2.40. The molecule has 0 aliphatic heterocycles. The molecule has 2 aliphatic carbocycles. The fourth-order valence-electron chi connectivity index (χ4n) is 5.24. The van der Waals surface area contributed by atoms with E-state index in [4.69, 9.17) is 0 Å². The molecule has 0 aromatic rings. The summed E-state index contributed by atoms with van der Waals surface area (Å²) in [7, 11) is 0. The summed E-state index contributed by atoms with van der Waals surface area (Å²) < 4.78 is 0. The van der Waals surface area contributed by atoms with E-state index in [0.29, 0.717) is 0 Å². The monoisotopic (exact) mass is 334 g/mol. The Morgan fingerprint density at radius 1 is 0.458 bits per heavy atom. The van der Waals surface area contributed by atoms with Gasteiger partial charge in [0.25, 0.3) is 0 Å². The molecular weight excluding hydrogens is 288 g/mol. The first kappa shape index (κ1) is 20.3. The normalized spacial score (nSPS) is 29.2. The minimum atomic E-state index is 1.12. The average molecular weight is 335 g/mol. The molecule has 0 heteroatoms. The largest absolute Gasteiger partial charge is 0.0654 e. The quantitative estimate of drug-likeness (QED) is 0.263. The average Bonchev–Trinajstić information content (AvgIpc) is 2.51. The van der Waals surface area contributed by atoms with Gasteiger partial charge in [0.05, 0.1) is 0 Å². The van der Waals surface area contributed by atoms with Gasteiger partial charge in [-0.25, -0.2) is 0 Å². The van der Waals surface area contributed by atoms with Crippen LogP contribution in [0.3, 0.4) is 0 Å². The van der Waals surface area contributed by atoms with Crippen molar-refractivity contribution in [3.8, 4) is 0 Å². The molecule has 0 heterocycles. The third kappa shape index (κ3) is 7.49. The zero-order valence-electron chi connectivity index (χ0n) is 17.0. The molecule has 0 amide bonds.